The Kier molecular flexibility index (Phi) is 5.68. The summed E-state index contributed by atoms with van der Waals surface area (Å²) in [5, 5.41) is 0. The molecule has 6 heteroatoms. The van der Waals surface area contributed by atoms with Crippen LogP contribution in [0.1, 0.15) is 55.7 Å². The lowest BCUT2D eigenvalue weighted by Gasteiger charge is -2.28. The monoisotopic (exact) mass is 364 g/mol. The minimum atomic E-state index is -4.38. The highest BCUT2D eigenvalue weighted by Gasteiger charge is 2.37. The normalized spacial score (nSPS) is 19.3. The zero-order chi connectivity index (χ0) is 15.5. The summed E-state index contributed by atoms with van der Waals surface area (Å²) >= 11 is 3.12. The van der Waals surface area contributed by atoms with E-state index in [9.17, 15) is 13.2 Å². The second kappa shape index (κ2) is 7.11. The molecule has 2 nitrogen and oxygen atoms in total. The summed E-state index contributed by atoms with van der Waals surface area (Å²) < 4.78 is 40.3. The fraction of sp³-hybridized carbons (Fsp3) is 0.600. The van der Waals surface area contributed by atoms with Gasteiger partial charge in [0.05, 0.1) is 5.56 Å². The molecule has 1 unspecified atom stereocenters. The van der Waals surface area contributed by atoms with Gasteiger partial charge in [-0.1, -0.05) is 47.7 Å². The van der Waals surface area contributed by atoms with Crippen LogP contribution in [0.3, 0.4) is 0 Å². The molecule has 0 spiro atoms. The zero-order valence-electron chi connectivity index (χ0n) is 11.7. The Morgan fingerprint density at radius 3 is 2.29 bits per heavy atom. The van der Waals surface area contributed by atoms with Crippen molar-refractivity contribution in [3.8, 4) is 0 Å². The summed E-state index contributed by atoms with van der Waals surface area (Å²) in [5.41, 5.74) is 2.28. The third-order valence-electron chi connectivity index (χ3n) is 4.21. The van der Waals surface area contributed by atoms with Crippen LogP contribution in [-0.4, -0.2) is 0 Å². The fourth-order valence-electron chi connectivity index (χ4n) is 3.17. The van der Waals surface area contributed by atoms with E-state index in [1.807, 2.05) is 0 Å². The number of alkyl halides is 3. The van der Waals surface area contributed by atoms with Gasteiger partial charge in [0.1, 0.15) is 0 Å². The largest absolute Gasteiger partial charge is 0.416 e. The highest BCUT2D eigenvalue weighted by atomic mass is 79.9. The topological polar surface area (TPSA) is 38.0 Å². The molecule has 1 aromatic rings. The zero-order valence-corrected chi connectivity index (χ0v) is 13.3. The number of halogens is 4. The van der Waals surface area contributed by atoms with E-state index in [4.69, 9.17) is 5.84 Å². The van der Waals surface area contributed by atoms with Crippen molar-refractivity contribution in [3.05, 3.63) is 33.8 Å². The van der Waals surface area contributed by atoms with Gasteiger partial charge in [-0.15, -0.1) is 0 Å². The Morgan fingerprint density at radius 2 is 1.76 bits per heavy atom. The number of hydrogen-bond acceptors (Lipinski definition) is 2. The quantitative estimate of drug-likeness (QED) is 0.452. The van der Waals surface area contributed by atoms with Crippen molar-refractivity contribution >= 4 is 15.9 Å². The molecule has 1 aliphatic carbocycles. The molecule has 21 heavy (non-hydrogen) atoms. The van der Waals surface area contributed by atoms with E-state index in [0.29, 0.717) is 4.47 Å². The van der Waals surface area contributed by atoms with Crippen LogP contribution in [0.2, 0.25) is 0 Å². The maximum atomic E-state index is 13.3. The molecule has 1 fully saturated rings. The molecule has 0 amide bonds. The molecule has 3 N–H and O–H groups in total. The van der Waals surface area contributed by atoms with Crippen LogP contribution in [0.4, 0.5) is 13.2 Å². The van der Waals surface area contributed by atoms with Gasteiger partial charge >= 0.3 is 6.18 Å². The molecule has 1 atom stereocenters. The summed E-state index contributed by atoms with van der Waals surface area (Å²) in [5.74, 6) is 5.76. The van der Waals surface area contributed by atoms with E-state index in [2.05, 4.69) is 21.4 Å². The molecule has 0 radical (unpaired) electrons. The van der Waals surface area contributed by atoms with Crippen molar-refractivity contribution in [1.29, 1.82) is 0 Å². The Morgan fingerprint density at radius 1 is 1.14 bits per heavy atom. The Hall–Kier alpha value is -0.590. The maximum absolute atomic E-state index is 13.3. The average Bonchev–Trinajstić information content (AvgIpc) is 2.69. The van der Waals surface area contributed by atoms with Gasteiger partial charge in [-0.2, -0.15) is 13.2 Å². The second-order valence-corrected chi connectivity index (χ2v) is 6.54. The van der Waals surface area contributed by atoms with Crippen molar-refractivity contribution in [1.82, 2.24) is 5.43 Å². The van der Waals surface area contributed by atoms with Crippen molar-refractivity contribution in [2.24, 2.45) is 11.8 Å². The van der Waals surface area contributed by atoms with E-state index in [-0.39, 0.29) is 11.5 Å². The van der Waals surface area contributed by atoms with Crippen molar-refractivity contribution in [2.45, 2.75) is 50.7 Å². The number of nitrogens with one attached hydrogen (secondary N) is 1. The van der Waals surface area contributed by atoms with Crippen LogP contribution >= 0.6 is 15.9 Å². The third kappa shape index (κ3) is 4.20. The molecule has 0 heterocycles. The highest BCUT2D eigenvalue weighted by molar-refractivity contribution is 9.10. The van der Waals surface area contributed by atoms with Gasteiger partial charge in [-0.25, -0.2) is 0 Å². The van der Waals surface area contributed by atoms with Gasteiger partial charge in [0.15, 0.2) is 0 Å². The van der Waals surface area contributed by atoms with Gasteiger partial charge in [-0.05, 0) is 36.5 Å². The molecule has 0 aliphatic heterocycles. The standard InChI is InChI=1S/C15H20BrF3N2/c16-11-7-8-12(13(9-11)15(17,18)19)14(21-20)10-5-3-1-2-4-6-10/h7-10,14,21H,1-6,20H2. The molecule has 0 bridgehead atoms. The van der Waals surface area contributed by atoms with E-state index < -0.39 is 17.8 Å². The first-order valence-corrected chi connectivity index (χ1v) is 8.05. The molecular weight excluding hydrogens is 345 g/mol. The van der Waals surface area contributed by atoms with E-state index >= 15 is 0 Å². The van der Waals surface area contributed by atoms with Crippen LogP contribution in [0.15, 0.2) is 22.7 Å². The molecule has 1 aliphatic rings. The Labute approximate surface area is 131 Å². The Bertz CT molecular complexity index is 468. The SMILES string of the molecule is NNC(c1ccc(Br)cc1C(F)(F)F)C1CCCCCC1. The number of nitrogens with two attached hydrogens (primary N) is 1. The molecular formula is C15H20BrF3N2. The van der Waals surface area contributed by atoms with Gasteiger partial charge < -0.3 is 0 Å². The van der Waals surface area contributed by atoms with E-state index in [1.54, 1.807) is 6.07 Å². The van der Waals surface area contributed by atoms with Gasteiger partial charge in [0.2, 0.25) is 0 Å². The summed E-state index contributed by atoms with van der Waals surface area (Å²) in [6.45, 7) is 0. The maximum Gasteiger partial charge on any atom is 0.416 e. The second-order valence-electron chi connectivity index (χ2n) is 5.63. The van der Waals surface area contributed by atoms with Crippen LogP contribution in [0.5, 0.6) is 0 Å². The van der Waals surface area contributed by atoms with E-state index in [1.165, 1.54) is 6.07 Å². The lowest BCUT2D eigenvalue weighted by atomic mass is 9.85. The summed E-state index contributed by atoms with van der Waals surface area (Å²) in [4.78, 5) is 0. The third-order valence-corrected chi connectivity index (χ3v) is 4.70. The van der Waals surface area contributed by atoms with Crippen LogP contribution < -0.4 is 11.3 Å². The van der Waals surface area contributed by atoms with Gasteiger partial charge in [-0.3, -0.25) is 11.3 Å². The first-order valence-electron chi connectivity index (χ1n) is 7.26. The predicted molar refractivity (Wildman–Crippen MR) is 80.4 cm³/mol. The van der Waals surface area contributed by atoms with Crippen molar-refractivity contribution in [2.75, 3.05) is 0 Å². The number of rotatable bonds is 3. The minimum absolute atomic E-state index is 0.153. The Balaban J connectivity index is 2.37. The number of benzene rings is 1. The minimum Gasteiger partial charge on any atom is -0.271 e. The first kappa shape index (κ1) is 16.8. The highest BCUT2D eigenvalue weighted by Crippen LogP contribution is 2.40. The first-order chi connectivity index (χ1) is 9.93. The summed E-state index contributed by atoms with van der Waals surface area (Å²) in [7, 11) is 0. The molecule has 1 aromatic carbocycles. The van der Waals surface area contributed by atoms with Crippen LogP contribution in [0.25, 0.3) is 0 Å². The average molecular weight is 365 g/mol. The lowest BCUT2D eigenvalue weighted by Crippen LogP contribution is -2.35. The molecule has 118 valence electrons. The van der Waals surface area contributed by atoms with Crippen LogP contribution in [-0.2, 0) is 6.18 Å². The fourth-order valence-corrected chi connectivity index (χ4v) is 3.53. The lowest BCUT2D eigenvalue weighted by molar-refractivity contribution is -0.138. The van der Waals surface area contributed by atoms with Crippen molar-refractivity contribution in [3.63, 3.8) is 0 Å². The van der Waals surface area contributed by atoms with Crippen LogP contribution in [0, 0.1) is 5.92 Å². The predicted octanol–water partition coefficient (Wildman–Crippen LogP) is 4.94. The smallest absolute Gasteiger partial charge is 0.271 e. The molecule has 1 saturated carbocycles. The number of hydrogen-bond donors (Lipinski definition) is 2. The van der Waals surface area contributed by atoms with E-state index in [0.717, 1.165) is 44.6 Å². The van der Waals surface area contributed by atoms with Gasteiger partial charge in [0, 0.05) is 10.5 Å². The summed E-state index contributed by atoms with van der Waals surface area (Å²) in [6.07, 6.45) is 1.88. The molecule has 2 rings (SSSR count). The molecule has 0 aromatic heterocycles. The molecule has 0 saturated heterocycles. The van der Waals surface area contributed by atoms with Gasteiger partial charge in [0.25, 0.3) is 0 Å². The number of hydrazine groups is 1. The summed E-state index contributed by atoms with van der Waals surface area (Å²) in [6, 6.07) is 3.86. The van der Waals surface area contributed by atoms with Crippen molar-refractivity contribution < 1.29 is 13.2 Å².